The van der Waals surface area contributed by atoms with Crippen molar-refractivity contribution in [1.82, 2.24) is 4.98 Å². The van der Waals surface area contributed by atoms with Crippen LogP contribution in [0.15, 0.2) is 12.3 Å². The van der Waals surface area contributed by atoms with Gasteiger partial charge in [0.1, 0.15) is 11.4 Å². The van der Waals surface area contributed by atoms with Crippen molar-refractivity contribution >= 4 is 11.8 Å². The van der Waals surface area contributed by atoms with Gasteiger partial charge in [0.05, 0.1) is 5.92 Å². The summed E-state index contributed by atoms with van der Waals surface area (Å²) < 4.78 is 38.4. The Labute approximate surface area is 114 Å². The predicted octanol–water partition coefficient (Wildman–Crippen LogP) is 2.87. The number of carbonyl (C=O) groups is 1. The van der Waals surface area contributed by atoms with Crippen LogP contribution in [0.2, 0.25) is 0 Å². The molecule has 7 heteroatoms. The number of pyridine rings is 1. The molecule has 1 aromatic rings. The molecule has 1 aliphatic rings. The lowest BCUT2D eigenvalue weighted by Gasteiger charge is -2.35. The van der Waals surface area contributed by atoms with Crippen LogP contribution in [0.5, 0.6) is 0 Å². The standard InChI is InChI=1S/C13H15F3N2O2/c1-8-4-5-17-11(10(8)12(19)20)18-6-2-3-9(7-18)13(14,15)16/h4-5,9H,2-3,6-7H2,1H3,(H,19,20). The van der Waals surface area contributed by atoms with E-state index in [4.69, 9.17) is 0 Å². The number of alkyl halides is 3. The first-order valence-corrected chi connectivity index (χ1v) is 6.31. The Balaban J connectivity index is 2.32. The molecule has 1 fully saturated rings. The molecule has 1 saturated heterocycles. The summed E-state index contributed by atoms with van der Waals surface area (Å²) in [6.07, 6.45) is -2.38. The van der Waals surface area contributed by atoms with Crippen LogP contribution in [0.1, 0.15) is 28.8 Å². The van der Waals surface area contributed by atoms with E-state index in [1.165, 1.54) is 17.2 Å². The van der Waals surface area contributed by atoms with Crippen LogP contribution in [-0.4, -0.2) is 35.3 Å². The summed E-state index contributed by atoms with van der Waals surface area (Å²) in [5.74, 6) is -2.47. The normalized spacial score (nSPS) is 20.0. The van der Waals surface area contributed by atoms with Crippen LogP contribution in [0.3, 0.4) is 0 Å². The average Bonchev–Trinajstić information content (AvgIpc) is 2.37. The first kappa shape index (κ1) is 14.6. The Hall–Kier alpha value is -1.79. The molecule has 1 N–H and O–H groups in total. The zero-order valence-electron chi connectivity index (χ0n) is 10.9. The van der Waals surface area contributed by atoms with Crippen molar-refractivity contribution in [3.05, 3.63) is 23.4 Å². The molecule has 0 spiro atoms. The lowest BCUT2D eigenvalue weighted by Crippen LogP contribution is -2.42. The molecule has 0 amide bonds. The first-order valence-electron chi connectivity index (χ1n) is 6.31. The van der Waals surface area contributed by atoms with Crippen LogP contribution < -0.4 is 4.90 Å². The lowest BCUT2D eigenvalue weighted by atomic mass is 9.97. The summed E-state index contributed by atoms with van der Waals surface area (Å²) in [6.45, 7) is 1.77. The summed E-state index contributed by atoms with van der Waals surface area (Å²) in [4.78, 5) is 16.7. The third kappa shape index (κ3) is 2.86. The fourth-order valence-electron chi connectivity index (χ4n) is 2.48. The van der Waals surface area contributed by atoms with Gasteiger partial charge in [-0.1, -0.05) is 0 Å². The quantitative estimate of drug-likeness (QED) is 0.909. The Morgan fingerprint density at radius 3 is 2.80 bits per heavy atom. The number of hydrogen-bond acceptors (Lipinski definition) is 3. The Morgan fingerprint density at radius 1 is 1.50 bits per heavy atom. The predicted molar refractivity (Wildman–Crippen MR) is 66.9 cm³/mol. The van der Waals surface area contributed by atoms with Crippen molar-refractivity contribution in [3.63, 3.8) is 0 Å². The number of piperidine rings is 1. The minimum Gasteiger partial charge on any atom is -0.478 e. The van der Waals surface area contributed by atoms with Crippen molar-refractivity contribution in [3.8, 4) is 0 Å². The molecular formula is C13H15F3N2O2. The van der Waals surface area contributed by atoms with Gasteiger partial charge in [-0.25, -0.2) is 9.78 Å². The van der Waals surface area contributed by atoms with Gasteiger partial charge in [-0.05, 0) is 31.4 Å². The fraction of sp³-hybridized carbons (Fsp3) is 0.538. The van der Waals surface area contributed by atoms with E-state index in [1.54, 1.807) is 6.92 Å². The van der Waals surface area contributed by atoms with Crippen LogP contribution in [0, 0.1) is 12.8 Å². The molecule has 1 unspecified atom stereocenters. The number of carboxylic acids is 1. The molecule has 0 aliphatic carbocycles. The van der Waals surface area contributed by atoms with Crippen molar-refractivity contribution < 1.29 is 23.1 Å². The number of halogens is 3. The zero-order valence-corrected chi connectivity index (χ0v) is 10.9. The van der Waals surface area contributed by atoms with Gasteiger partial charge >= 0.3 is 12.1 Å². The van der Waals surface area contributed by atoms with E-state index in [-0.39, 0.29) is 24.3 Å². The second-order valence-electron chi connectivity index (χ2n) is 4.96. The van der Waals surface area contributed by atoms with Gasteiger partial charge in [0, 0.05) is 19.3 Å². The second-order valence-corrected chi connectivity index (χ2v) is 4.96. The van der Waals surface area contributed by atoms with Gasteiger partial charge in [-0.2, -0.15) is 13.2 Å². The van der Waals surface area contributed by atoms with Gasteiger partial charge in [0.25, 0.3) is 0 Å². The average molecular weight is 288 g/mol. The molecule has 1 aromatic heterocycles. The Morgan fingerprint density at radius 2 is 2.20 bits per heavy atom. The number of rotatable bonds is 2. The van der Waals surface area contributed by atoms with Crippen LogP contribution in [0.25, 0.3) is 0 Å². The highest BCUT2D eigenvalue weighted by Gasteiger charge is 2.42. The van der Waals surface area contributed by atoms with Gasteiger partial charge < -0.3 is 10.0 Å². The largest absolute Gasteiger partial charge is 0.478 e. The first-order chi connectivity index (χ1) is 9.30. The third-order valence-corrected chi connectivity index (χ3v) is 3.54. The minimum atomic E-state index is -4.26. The minimum absolute atomic E-state index is 0.0182. The number of aryl methyl sites for hydroxylation is 1. The van der Waals surface area contributed by atoms with Crippen LogP contribution >= 0.6 is 0 Å². The SMILES string of the molecule is Cc1ccnc(N2CCCC(C(F)(F)F)C2)c1C(=O)O. The molecule has 0 radical (unpaired) electrons. The molecule has 4 nitrogen and oxygen atoms in total. The number of aromatic nitrogens is 1. The van der Waals surface area contributed by atoms with Crippen LogP contribution in [0.4, 0.5) is 19.0 Å². The van der Waals surface area contributed by atoms with E-state index in [9.17, 15) is 23.1 Å². The lowest BCUT2D eigenvalue weighted by molar-refractivity contribution is -0.176. The Bertz CT molecular complexity index is 517. The Kier molecular flexibility index (Phi) is 3.87. The molecule has 1 aliphatic heterocycles. The van der Waals surface area contributed by atoms with Gasteiger partial charge in [-0.15, -0.1) is 0 Å². The number of hydrogen-bond donors (Lipinski definition) is 1. The maximum atomic E-state index is 12.8. The number of aromatic carboxylic acids is 1. The summed E-state index contributed by atoms with van der Waals surface area (Å²) in [5.41, 5.74) is 0.479. The molecule has 20 heavy (non-hydrogen) atoms. The summed E-state index contributed by atoms with van der Waals surface area (Å²) in [5, 5.41) is 9.21. The molecule has 110 valence electrons. The topological polar surface area (TPSA) is 53.4 Å². The second kappa shape index (κ2) is 5.30. The van der Waals surface area contributed by atoms with E-state index < -0.39 is 18.1 Å². The fourth-order valence-corrected chi connectivity index (χ4v) is 2.48. The van der Waals surface area contributed by atoms with E-state index in [1.807, 2.05) is 0 Å². The van der Waals surface area contributed by atoms with E-state index in [2.05, 4.69) is 4.98 Å². The van der Waals surface area contributed by atoms with Crippen molar-refractivity contribution in [2.24, 2.45) is 5.92 Å². The molecule has 2 heterocycles. The maximum absolute atomic E-state index is 12.8. The van der Waals surface area contributed by atoms with Crippen molar-refractivity contribution in [1.29, 1.82) is 0 Å². The zero-order chi connectivity index (χ0) is 14.9. The third-order valence-electron chi connectivity index (χ3n) is 3.54. The van der Waals surface area contributed by atoms with Crippen LogP contribution in [-0.2, 0) is 0 Å². The molecule has 2 rings (SSSR count). The highest BCUT2D eigenvalue weighted by atomic mass is 19.4. The number of carboxylic acid groups (broad SMARTS) is 1. The van der Waals surface area contributed by atoms with Crippen molar-refractivity contribution in [2.75, 3.05) is 18.0 Å². The summed E-state index contributed by atoms with van der Waals surface area (Å²) in [6, 6.07) is 1.54. The summed E-state index contributed by atoms with van der Waals surface area (Å²) >= 11 is 0. The van der Waals surface area contributed by atoms with Gasteiger partial charge in [0.2, 0.25) is 0 Å². The highest BCUT2D eigenvalue weighted by molar-refractivity contribution is 5.95. The van der Waals surface area contributed by atoms with E-state index in [0.29, 0.717) is 18.5 Å². The molecule has 0 bridgehead atoms. The maximum Gasteiger partial charge on any atom is 0.393 e. The van der Waals surface area contributed by atoms with Crippen molar-refractivity contribution in [2.45, 2.75) is 25.9 Å². The monoisotopic (exact) mass is 288 g/mol. The van der Waals surface area contributed by atoms with E-state index >= 15 is 0 Å². The highest BCUT2D eigenvalue weighted by Crippen LogP contribution is 2.35. The van der Waals surface area contributed by atoms with Gasteiger partial charge in [-0.3, -0.25) is 0 Å². The smallest absolute Gasteiger partial charge is 0.393 e. The number of anilines is 1. The molecule has 0 saturated carbocycles. The summed E-state index contributed by atoms with van der Waals surface area (Å²) in [7, 11) is 0. The van der Waals surface area contributed by atoms with E-state index in [0.717, 1.165) is 0 Å². The molecular weight excluding hydrogens is 273 g/mol. The number of nitrogens with zero attached hydrogens (tertiary/aromatic N) is 2. The molecule has 0 aromatic carbocycles. The molecule has 1 atom stereocenters. The van der Waals surface area contributed by atoms with Gasteiger partial charge in [0.15, 0.2) is 0 Å².